The summed E-state index contributed by atoms with van der Waals surface area (Å²) in [7, 11) is 0. The van der Waals surface area contributed by atoms with Gasteiger partial charge >= 0.3 is 29.6 Å². The predicted molar refractivity (Wildman–Crippen MR) is 139 cm³/mol. The van der Waals surface area contributed by atoms with Gasteiger partial charge in [-0.25, -0.2) is 0 Å². The zero-order valence-electron chi connectivity index (χ0n) is 22.7. The van der Waals surface area contributed by atoms with E-state index in [9.17, 15) is 13.6 Å². The third kappa shape index (κ3) is 8.71. The SMILES string of the molecule is CCCCC(Oc1ccc(C(C)(C)CC)cc1C(C)(C)CC)C(=O)Nc1ccc(S(=O)[O-])cc1.[Na+]. The summed E-state index contributed by atoms with van der Waals surface area (Å²) < 4.78 is 28.6. The van der Waals surface area contributed by atoms with Gasteiger partial charge in [-0.3, -0.25) is 9.00 Å². The van der Waals surface area contributed by atoms with Gasteiger partial charge in [-0.15, -0.1) is 0 Å². The van der Waals surface area contributed by atoms with E-state index in [0.29, 0.717) is 12.1 Å². The zero-order valence-corrected chi connectivity index (χ0v) is 25.5. The van der Waals surface area contributed by atoms with E-state index >= 15 is 0 Å². The molecule has 2 aromatic rings. The van der Waals surface area contributed by atoms with Crippen molar-refractivity contribution in [3.05, 3.63) is 53.6 Å². The van der Waals surface area contributed by atoms with E-state index < -0.39 is 17.2 Å². The minimum Gasteiger partial charge on any atom is -0.768 e. The molecular weight excluding hydrogens is 469 g/mol. The van der Waals surface area contributed by atoms with Gasteiger partial charge in [0.2, 0.25) is 0 Å². The minimum absolute atomic E-state index is 0. The average molecular weight is 510 g/mol. The molecule has 0 aliphatic carbocycles. The van der Waals surface area contributed by atoms with Gasteiger partial charge in [0.05, 0.1) is 0 Å². The van der Waals surface area contributed by atoms with E-state index in [0.717, 1.165) is 37.0 Å². The number of ether oxygens (including phenoxy) is 1. The second kappa shape index (κ2) is 13.9. The van der Waals surface area contributed by atoms with Crippen LogP contribution in [0.2, 0.25) is 0 Å². The normalized spacial score (nSPS) is 13.5. The summed E-state index contributed by atoms with van der Waals surface area (Å²) in [5.74, 6) is 0.513. The van der Waals surface area contributed by atoms with Gasteiger partial charge in [0.15, 0.2) is 6.10 Å². The molecule has 2 rings (SSSR count). The molecule has 0 aliphatic rings. The fourth-order valence-electron chi connectivity index (χ4n) is 3.64. The van der Waals surface area contributed by atoms with E-state index in [4.69, 9.17) is 4.74 Å². The van der Waals surface area contributed by atoms with Crippen LogP contribution in [0.3, 0.4) is 0 Å². The van der Waals surface area contributed by atoms with Crippen molar-refractivity contribution in [3.63, 3.8) is 0 Å². The summed E-state index contributed by atoms with van der Waals surface area (Å²) >= 11 is -2.30. The smallest absolute Gasteiger partial charge is 0.768 e. The minimum atomic E-state index is -2.30. The van der Waals surface area contributed by atoms with Crippen LogP contribution < -0.4 is 39.6 Å². The Morgan fingerprint density at radius 3 is 2.11 bits per heavy atom. The Bertz CT molecular complexity index is 989. The van der Waals surface area contributed by atoms with Gasteiger partial charge in [0.25, 0.3) is 5.91 Å². The third-order valence-electron chi connectivity index (χ3n) is 6.95. The van der Waals surface area contributed by atoms with Crippen molar-refractivity contribution in [1.29, 1.82) is 0 Å². The van der Waals surface area contributed by atoms with E-state index in [1.165, 1.54) is 17.7 Å². The number of rotatable bonds is 12. The van der Waals surface area contributed by atoms with Gasteiger partial charge in [-0.1, -0.05) is 67.0 Å². The van der Waals surface area contributed by atoms with Crippen molar-refractivity contribution in [2.75, 3.05) is 5.32 Å². The number of carbonyl (C=O) groups excluding carboxylic acids is 1. The molecule has 1 N–H and O–H groups in total. The van der Waals surface area contributed by atoms with Crippen molar-refractivity contribution in [3.8, 4) is 5.75 Å². The van der Waals surface area contributed by atoms with Crippen LogP contribution in [0.25, 0.3) is 0 Å². The molecule has 2 atom stereocenters. The first-order valence-corrected chi connectivity index (χ1v) is 13.3. The van der Waals surface area contributed by atoms with E-state index in [-0.39, 0.29) is 51.2 Å². The molecule has 0 bridgehead atoms. The second-order valence-electron chi connectivity index (χ2n) is 10.2. The van der Waals surface area contributed by atoms with Gasteiger partial charge in [-0.05, 0) is 83.5 Å². The Morgan fingerprint density at radius 2 is 1.60 bits per heavy atom. The number of benzene rings is 2. The molecule has 0 aromatic heterocycles. The van der Waals surface area contributed by atoms with Crippen LogP contribution in [0.5, 0.6) is 5.75 Å². The van der Waals surface area contributed by atoms with Crippen molar-refractivity contribution < 1.29 is 47.9 Å². The molecule has 0 radical (unpaired) electrons. The molecule has 7 heteroatoms. The molecule has 0 aliphatic heterocycles. The Morgan fingerprint density at radius 1 is 1.00 bits per heavy atom. The van der Waals surface area contributed by atoms with Crippen molar-refractivity contribution in [2.24, 2.45) is 0 Å². The summed E-state index contributed by atoms with van der Waals surface area (Å²) in [5, 5.41) is 2.89. The Hall–Kier alpha value is -1.18. The molecule has 0 spiro atoms. The maximum atomic E-state index is 13.2. The molecule has 35 heavy (non-hydrogen) atoms. The number of amides is 1. The van der Waals surface area contributed by atoms with Crippen LogP contribution in [0.4, 0.5) is 5.69 Å². The number of nitrogens with one attached hydrogen (secondary N) is 1. The van der Waals surface area contributed by atoms with E-state index in [2.05, 4.69) is 65.9 Å². The van der Waals surface area contributed by atoms with Crippen molar-refractivity contribution >= 4 is 22.7 Å². The first-order valence-electron chi connectivity index (χ1n) is 12.3. The Kier molecular flexibility index (Phi) is 12.7. The predicted octanol–water partition coefficient (Wildman–Crippen LogP) is 3.88. The molecule has 0 saturated carbocycles. The summed E-state index contributed by atoms with van der Waals surface area (Å²) in [6.07, 6.45) is 3.73. The molecule has 0 heterocycles. The topological polar surface area (TPSA) is 78.5 Å². The maximum absolute atomic E-state index is 13.2. The number of unbranched alkanes of at least 4 members (excludes halogenated alkanes) is 1. The Labute approximate surface area is 236 Å². The molecular formula is C28H40NNaO4S. The summed E-state index contributed by atoms with van der Waals surface area (Å²) in [6.45, 7) is 15.4. The molecule has 0 saturated heterocycles. The molecule has 2 unspecified atom stereocenters. The molecule has 1 amide bonds. The second-order valence-corrected chi connectivity index (χ2v) is 11.1. The van der Waals surface area contributed by atoms with Gasteiger partial charge in [0.1, 0.15) is 5.75 Å². The number of hydrogen-bond donors (Lipinski definition) is 1. The number of hydrogen-bond acceptors (Lipinski definition) is 4. The van der Waals surface area contributed by atoms with Gasteiger partial charge in [-0.2, -0.15) is 0 Å². The fourth-order valence-corrected chi connectivity index (χ4v) is 3.99. The van der Waals surface area contributed by atoms with Crippen LogP contribution in [-0.2, 0) is 26.7 Å². The zero-order chi connectivity index (χ0) is 25.5. The number of anilines is 1. The maximum Gasteiger partial charge on any atom is 1.00 e. The van der Waals surface area contributed by atoms with Crippen LogP contribution in [0.1, 0.15) is 91.7 Å². The Balaban J connectivity index is 0.00000612. The third-order valence-corrected chi connectivity index (χ3v) is 7.61. The quantitative estimate of drug-likeness (QED) is 0.348. The van der Waals surface area contributed by atoms with Crippen LogP contribution in [-0.4, -0.2) is 20.8 Å². The summed E-state index contributed by atoms with van der Waals surface area (Å²) in [5.41, 5.74) is 2.87. The first kappa shape index (κ1) is 31.8. The van der Waals surface area contributed by atoms with E-state index in [1.54, 1.807) is 12.1 Å². The monoisotopic (exact) mass is 509 g/mol. The van der Waals surface area contributed by atoms with Gasteiger partial charge < -0.3 is 14.6 Å². The number of carbonyl (C=O) groups is 1. The molecule has 0 fully saturated rings. The van der Waals surface area contributed by atoms with E-state index in [1.807, 2.05) is 6.07 Å². The molecule has 5 nitrogen and oxygen atoms in total. The largest absolute Gasteiger partial charge is 1.00 e. The molecule has 188 valence electrons. The van der Waals surface area contributed by atoms with Gasteiger partial charge in [0, 0.05) is 16.1 Å². The molecule has 2 aromatic carbocycles. The standard InChI is InChI=1S/C28H41NO4S.Na/c1-8-11-12-25(26(30)29-21-14-16-22(17-15-21)34(31)32)33-24-18-13-20(27(4,5)9-2)19-23(24)28(6,7)10-3;/h13-19,25H,8-12H2,1-7H3,(H,29,30)(H,31,32);/q;+1/p-1. The van der Waals surface area contributed by atoms with Crippen molar-refractivity contribution in [1.82, 2.24) is 0 Å². The summed E-state index contributed by atoms with van der Waals surface area (Å²) in [6, 6.07) is 12.5. The van der Waals surface area contributed by atoms with Crippen LogP contribution >= 0.6 is 0 Å². The van der Waals surface area contributed by atoms with Crippen molar-refractivity contribution in [2.45, 2.75) is 102 Å². The summed E-state index contributed by atoms with van der Waals surface area (Å²) in [4.78, 5) is 13.4. The average Bonchev–Trinajstić information content (AvgIpc) is 2.81. The first-order chi connectivity index (χ1) is 15.9. The van der Waals surface area contributed by atoms with Crippen LogP contribution in [0.15, 0.2) is 47.4 Å². The van der Waals surface area contributed by atoms with Crippen LogP contribution in [0, 0.1) is 0 Å². The fraction of sp³-hybridized carbons (Fsp3) is 0.536.